The van der Waals surface area contributed by atoms with Crippen molar-refractivity contribution in [2.45, 2.75) is 31.7 Å². The molecule has 0 spiro atoms. The van der Waals surface area contributed by atoms with Gasteiger partial charge in [0.05, 0.1) is 11.7 Å². The molecule has 1 aliphatic carbocycles. The molecule has 0 fully saturated rings. The lowest BCUT2D eigenvalue weighted by Gasteiger charge is -2.17. The number of aryl methyl sites for hydroxylation is 2. The lowest BCUT2D eigenvalue weighted by atomic mass is 10.0. The third kappa shape index (κ3) is 2.60. The Balaban J connectivity index is 2.03. The maximum absolute atomic E-state index is 6.33. The van der Waals surface area contributed by atoms with E-state index in [0.717, 1.165) is 23.4 Å². The molecule has 2 nitrogen and oxygen atoms in total. The summed E-state index contributed by atoms with van der Waals surface area (Å²) in [7, 11) is 1.92. The van der Waals surface area contributed by atoms with E-state index in [1.807, 2.05) is 25.2 Å². The molecule has 1 aromatic heterocycles. The molecule has 1 aromatic carbocycles. The fourth-order valence-electron chi connectivity index (χ4n) is 2.67. The minimum Gasteiger partial charge on any atom is -0.307 e. The molecule has 1 heterocycles. The van der Waals surface area contributed by atoms with Crippen LogP contribution >= 0.6 is 34.5 Å². The van der Waals surface area contributed by atoms with E-state index in [2.05, 4.69) is 5.32 Å². The van der Waals surface area contributed by atoms with Gasteiger partial charge < -0.3 is 5.32 Å². The fourth-order valence-corrected chi connectivity index (χ4v) is 4.56. The molecule has 1 atom stereocenters. The molecule has 0 saturated carbocycles. The van der Waals surface area contributed by atoms with Crippen LogP contribution in [-0.4, -0.2) is 12.0 Å². The van der Waals surface area contributed by atoms with Gasteiger partial charge in [0.15, 0.2) is 0 Å². The molecule has 0 bridgehead atoms. The highest BCUT2D eigenvalue weighted by Crippen LogP contribution is 2.37. The molecule has 1 aliphatic rings. The van der Waals surface area contributed by atoms with Gasteiger partial charge in [0, 0.05) is 20.5 Å². The predicted molar refractivity (Wildman–Crippen MR) is 86.1 cm³/mol. The van der Waals surface area contributed by atoms with Gasteiger partial charge in [-0.15, -0.1) is 11.3 Å². The van der Waals surface area contributed by atoms with E-state index in [1.54, 1.807) is 11.3 Å². The van der Waals surface area contributed by atoms with Crippen molar-refractivity contribution in [1.29, 1.82) is 0 Å². The number of rotatable bonds is 3. The Morgan fingerprint density at radius 3 is 2.55 bits per heavy atom. The second-order valence-corrected chi connectivity index (χ2v) is 6.92. The number of hydrogen-bond donors (Lipinski definition) is 1. The van der Waals surface area contributed by atoms with Crippen molar-refractivity contribution >= 4 is 34.5 Å². The SMILES string of the molecule is CNC(c1nc2c(s1)CCCC2)c1c(Cl)cccc1Cl. The van der Waals surface area contributed by atoms with Crippen LogP contribution in [-0.2, 0) is 12.8 Å². The van der Waals surface area contributed by atoms with Crippen LogP contribution in [0.1, 0.15) is 40.0 Å². The van der Waals surface area contributed by atoms with Gasteiger partial charge in [-0.1, -0.05) is 29.3 Å². The van der Waals surface area contributed by atoms with Crippen LogP contribution in [0.15, 0.2) is 18.2 Å². The number of hydrogen-bond acceptors (Lipinski definition) is 3. The van der Waals surface area contributed by atoms with Crippen LogP contribution in [0, 0.1) is 0 Å². The van der Waals surface area contributed by atoms with E-state index in [1.165, 1.54) is 23.4 Å². The number of fused-ring (bicyclic) bond motifs is 1. The summed E-state index contributed by atoms with van der Waals surface area (Å²) >= 11 is 14.5. The van der Waals surface area contributed by atoms with Crippen LogP contribution in [0.25, 0.3) is 0 Å². The molecular weight excluding hydrogens is 311 g/mol. The standard InChI is InChI=1S/C15H16Cl2N2S/c1-18-14(13-9(16)5-4-6-10(13)17)15-19-11-7-2-3-8-12(11)20-15/h4-6,14,18H,2-3,7-8H2,1H3. The Kier molecular flexibility index (Phi) is 4.32. The quantitative estimate of drug-likeness (QED) is 0.888. The van der Waals surface area contributed by atoms with E-state index >= 15 is 0 Å². The van der Waals surface area contributed by atoms with Gasteiger partial charge >= 0.3 is 0 Å². The maximum Gasteiger partial charge on any atom is 0.115 e. The van der Waals surface area contributed by atoms with Crippen molar-refractivity contribution in [2.24, 2.45) is 0 Å². The predicted octanol–water partition coefficient (Wildman–Crippen LogP) is 4.64. The Morgan fingerprint density at radius 1 is 1.20 bits per heavy atom. The summed E-state index contributed by atoms with van der Waals surface area (Å²) in [5.74, 6) is 0. The number of benzene rings is 1. The largest absolute Gasteiger partial charge is 0.307 e. The van der Waals surface area contributed by atoms with Crippen LogP contribution in [0.3, 0.4) is 0 Å². The van der Waals surface area contributed by atoms with Crippen LogP contribution < -0.4 is 5.32 Å². The second-order valence-electron chi connectivity index (χ2n) is 4.99. The lowest BCUT2D eigenvalue weighted by Crippen LogP contribution is -2.18. The second kappa shape index (κ2) is 6.02. The highest BCUT2D eigenvalue weighted by molar-refractivity contribution is 7.11. The average Bonchev–Trinajstić information content (AvgIpc) is 2.86. The van der Waals surface area contributed by atoms with Crippen LogP contribution in [0.5, 0.6) is 0 Å². The summed E-state index contributed by atoms with van der Waals surface area (Å²) in [5.41, 5.74) is 2.18. The number of aromatic nitrogens is 1. The van der Waals surface area contributed by atoms with Gasteiger partial charge in [-0.3, -0.25) is 0 Å². The van der Waals surface area contributed by atoms with Crippen molar-refractivity contribution in [3.63, 3.8) is 0 Å². The van der Waals surface area contributed by atoms with Crippen molar-refractivity contribution in [1.82, 2.24) is 10.3 Å². The molecule has 0 radical (unpaired) electrons. The first-order valence-corrected chi connectivity index (χ1v) is 8.37. The Hall–Kier alpha value is -0.610. The third-order valence-corrected chi connectivity index (χ3v) is 5.57. The molecule has 2 aromatic rings. The molecule has 5 heteroatoms. The Labute approximate surface area is 133 Å². The van der Waals surface area contributed by atoms with Crippen molar-refractivity contribution in [2.75, 3.05) is 7.05 Å². The lowest BCUT2D eigenvalue weighted by molar-refractivity contribution is 0.661. The minimum atomic E-state index is -0.0354. The van der Waals surface area contributed by atoms with Gasteiger partial charge in [-0.05, 0) is 44.9 Å². The van der Waals surface area contributed by atoms with Crippen molar-refractivity contribution in [3.05, 3.63) is 49.4 Å². The fraction of sp³-hybridized carbons (Fsp3) is 0.400. The summed E-state index contributed by atoms with van der Waals surface area (Å²) in [4.78, 5) is 6.24. The van der Waals surface area contributed by atoms with Crippen LogP contribution in [0.2, 0.25) is 10.0 Å². The molecule has 1 N–H and O–H groups in total. The van der Waals surface area contributed by atoms with Gasteiger partial charge in [-0.2, -0.15) is 0 Å². The summed E-state index contributed by atoms with van der Waals surface area (Å²) in [6, 6.07) is 5.58. The molecule has 20 heavy (non-hydrogen) atoms. The number of nitrogens with zero attached hydrogens (tertiary/aromatic N) is 1. The smallest absolute Gasteiger partial charge is 0.115 e. The van der Waals surface area contributed by atoms with E-state index in [4.69, 9.17) is 28.2 Å². The first kappa shape index (κ1) is 14.3. The van der Waals surface area contributed by atoms with E-state index in [9.17, 15) is 0 Å². The van der Waals surface area contributed by atoms with Crippen molar-refractivity contribution in [3.8, 4) is 0 Å². The molecule has 106 valence electrons. The van der Waals surface area contributed by atoms with Gasteiger partial charge in [0.1, 0.15) is 5.01 Å². The molecule has 3 rings (SSSR count). The Bertz CT molecular complexity index is 581. The topological polar surface area (TPSA) is 24.9 Å². The highest BCUT2D eigenvalue weighted by Gasteiger charge is 2.24. The van der Waals surface area contributed by atoms with E-state index < -0.39 is 0 Å². The maximum atomic E-state index is 6.33. The average molecular weight is 327 g/mol. The summed E-state index contributed by atoms with van der Waals surface area (Å²) < 4.78 is 0. The summed E-state index contributed by atoms with van der Waals surface area (Å²) in [6.45, 7) is 0. The normalized spacial score (nSPS) is 15.9. The minimum absolute atomic E-state index is 0.0354. The first-order chi connectivity index (χ1) is 9.70. The number of thiazole rings is 1. The van der Waals surface area contributed by atoms with Gasteiger partial charge in [0.2, 0.25) is 0 Å². The summed E-state index contributed by atoms with van der Waals surface area (Å²) in [5, 5.41) is 5.74. The molecule has 0 aliphatic heterocycles. The third-order valence-electron chi connectivity index (χ3n) is 3.69. The number of halogens is 2. The van der Waals surface area contributed by atoms with E-state index in [-0.39, 0.29) is 6.04 Å². The molecule has 0 amide bonds. The number of nitrogens with one attached hydrogen (secondary N) is 1. The molecule has 0 saturated heterocycles. The molecule has 1 unspecified atom stereocenters. The van der Waals surface area contributed by atoms with Gasteiger partial charge in [-0.25, -0.2) is 4.98 Å². The monoisotopic (exact) mass is 326 g/mol. The Morgan fingerprint density at radius 2 is 1.90 bits per heavy atom. The highest BCUT2D eigenvalue weighted by atomic mass is 35.5. The zero-order valence-corrected chi connectivity index (χ0v) is 13.6. The zero-order chi connectivity index (χ0) is 14.1. The molecular formula is C15H16Cl2N2S. The summed E-state index contributed by atoms with van der Waals surface area (Å²) in [6.07, 6.45) is 4.76. The van der Waals surface area contributed by atoms with Crippen LogP contribution in [0.4, 0.5) is 0 Å². The zero-order valence-electron chi connectivity index (χ0n) is 11.2. The van der Waals surface area contributed by atoms with Gasteiger partial charge in [0.25, 0.3) is 0 Å². The van der Waals surface area contributed by atoms with Crippen molar-refractivity contribution < 1.29 is 0 Å². The first-order valence-electron chi connectivity index (χ1n) is 6.80. The van der Waals surface area contributed by atoms with E-state index in [0.29, 0.717) is 10.0 Å².